The highest BCUT2D eigenvalue weighted by Crippen LogP contribution is 2.24. The molecule has 3 heterocycles. The molecule has 0 radical (unpaired) electrons. The molecule has 1 aliphatic rings. The van der Waals surface area contributed by atoms with Crippen LogP contribution in [0.2, 0.25) is 0 Å². The number of aromatic nitrogens is 4. The first-order valence-electron chi connectivity index (χ1n) is 8.46. The lowest BCUT2D eigenvalue weighted by Crippen LogP contribution is -2.20. The molecule has 0 aliphatic carbocycles. The van der Waals surface area contributed by atoms with Gasteiger partial charge in [-0.1, -0.05) is 23.9 Å². The van der Waals surface area contributed by atoms with E-state index in [0.29, 0.717) is 11.6 Å². The third-order valence-electron chi connectivity index (χ3n) is 4.51. The Morgan fingerprint density at radius 1 is 1.24 bits per heavy atom. The van der Waals surface area contributed by atoms with Crippen molar-refractivity contribution in [3.63, 3.8) is 0 Å². The van der Waals surface area contributed by atoms with E-state index in [9.17, 15) is 4.79 Å². The molecule has 25 heavy (non-hydrogen) atoms. The molecule has 6 nitrogen and oxygen atoms in total. The second-order valence-electron chi connectivity index (χ2n) is 6.36. The number of benzene rings is 1. The van der Waals surface area contributed by atoms with Crippen molar-refractivity contribution >= 4 is 17.4 Å². The molecule has 130 valence electrons. The molecule has 0 spiro atoms. The van der Waals surface area contributed by atoms with Crippen molar-refractivity contribution in [3.05, 3.63) is 52.6 Å². The summed E-state index contributed by atoms with van der Waals surface area (Å²) in [5, 5.41) is 9.12. The first kappa shape index (κ1) is 16.4. The van der Waals surface area contributed by atoms with Crippen molar-refractivity contribution in [3.8, 4) is 5.69 Å². The van der Waals surface area contributed by atoms with Crippen molar-refractivity contribution in [2.45, 2.75) is 24.9 Å². The van der Waals surface area contributed by atoms with Crippen LogP contribution in [0, 0.1) is 12.8 Å². The van der Waals surface area contributed by atoms with Gasteiger partial charge in [0, 0.05) is 37.0 Å². The highest BCUT2D eigenvalue weighted by Gasteiger charge is 2.17. The zero-order valence-electron chi connectivity index (χ0n) is 14.1. The molecular weight excluding hydrogens is 336 g/mol. The van der Waals surface area contributed by atoms with Gasteiger partial charge in [-0.25, -0.2) is 0 Å². The van der Waals surface area contributed by atoms with Crippen LogP contribution < -0.4 is 5.56 Å². The average Bonchev–Trinajstić information content (AvgIpc) is 3.05. The molecule has 2 aromatic heterocycles. The molecule has 0 saturated carbocycles. The Morgan fingerprint density at radius 3 is 2.88 bits per heavy atom. The van der Waals surface area contributed by atoms with Crippen LogP contribution >= 0.6 is 11.8 Å². The predicted molar refractivity (Wildman–Crippen MR) is 97.6 cm³/mol. The quantitative estimate of drug-likeness (QED) is 0.673. The summed E-state index contributed by atoms with van der Waals surface area (Å²) in [7, 11) is 0. The van der Waals surface area contributed by atoms with Crippen molar-refractivity contribution in [2.24, 2.45) is 5.92 Å². The number of hydrogen-bond acceptors (Lipinski definition) is 5. The van der Waals surface area contributed by atoms with E-state index >= 15 is 0 Å². The number of nitrogens with zero attached hydrogens (tertiary/aromatic N) is 4. The molecule has 7 heteroatoms. The molecule has 0 unspecified atom stereocenters. The van der Waals surface area contributed by atoms with Gasteiger partial charge in [-0.2, -0.15) is 0 Å². The standard InChI is InChI=1S/C18H20N4O2S/c1-13-3-2-4-15(11-13)21-7-8-22-16(17(21)23)19-20-18(22)25-12-14-5-9-24-10-6-14/h2-4,7-8,11,14H,5-6,9-10,12H2,1H3. The summed E-state index contributed by atoms with van der Waals surface area (Å²) in [4.78, 5) is 12.8. The third-order valence-corrected chi connectivity index (χ3v) is 5.68. The molecule has 1 aromatic carbocycles. The van der Waals surface area contributed by atoms with Crippen LogP contribution in [0.4, 0.5) is 0 Å². The van der Waals surface area contributed by atoms with Gasteiger partial charge >= 0.3 is 5.56 Å². The molecule has 0 atom stereocenters. The number of thioether (sulfide) groups is 1. The molecule has 0 N–H and O–H groups in total. The Labute approximate surface area is 149 Å². The minimum atomic E-state index is -0.154. The Kier molecular flexibility index (Phi) is 4.59. The van der Waals surface area contributed by atoms with Crippen molar-refractivity contribution < 1.29 is 4.74 Å². The van der Waals surface area contributed by atoms with Gasteiger partial charge < -0.3 is 4.74 Å². The van der Waals surface area contributed by atoms with Gasteiger partial charge in [0.25, 0.3) is 0 Å². The Hall–Kier alpha value is -2.12. The maximum Gasteiger partial charge on any atom is 0.300 e. The third kappa shape index (κ3) is 3.34. The number of rotatable bonds is 4. The number of aryl methyl sites for hydroxylation is 1. The van der Waals surface area contributed by atoms with Gasteiger partial charge in [0.1, 0.15) is 0 Å². The van der Waals surface area contributed by atoms with Gasteiger partial charge in [-0.05, 0) is 43.4 Å². The van der Waals surface area contributed by atoms with Crippen molar-refractivity contribution in [1.29, 1.82) is 0 Å². The fraction of sp³-hybridized carbons (Fsp3) is 0.389. The van der Waals surface area contributed by atoms with Crippen LogP contribution in [-0.4, -0.2) is 38.1 Å². The largest absolute Gasteiger partial charge is 0.381 e. The Bertz CT molecular complexity index is 944. The molecule has 3 aromatic rings. The monoisotopic (exact) mass is 356 g/mol. The van der Waals surface area contributed by atoms with Crippen LogP contribution in [-0.2, 0) is 4.74 Å². The molecule has 0 bridgehead atoms. The van der Waals surface area contributed by atoms with Crippen molar-refractivity contribution in [1.82, 2.24) is 19.2 Å². The Balaban J connectivity index is 1.62. The van der Waals surface area contributed by atoms with E-state index < -0.39 is 0 Å². The second-order valence-corrected chi connectivity index (χ2v) is 7.34. The van der Waals surface area contributed by atoms with Gasteiger partial charge in [0.05, 0.1) is 0 Å². The number of ether oxygens (including phenoxy) is 1. The highest BCUT2D eigenvalue weighted by atomic mass is 32.2. The minimum absolute atomic E-state index is 0.154. The van der Waals surface area contributed by atoms with Crippen LogP contribution in [0.5, 0.6) is 0 Å². The number of fused-ring (bicyclic) bond motifs is 1. The van der Waals surface area contributed by atoms with Crippen LogP contribution in [0.1, 0.15) is 18.4 Å². The molecule has 1 aliphatic heterocycles. The smallest absolute Gasteiger partial charge is 0.300 e. The average molecular weight is 356 g/mol. The fourth-order valence-electron chi connectivity index (χ4n) is 3.05. The molecule has 1 fully saturated rings. The van der Waals surface area contributed by atoms with E-state index in [1.807, 2.05) is 37.4 Å². The minimum Gasteiger partial charge on any atom is -0.381 e. The van der Waals surface area contributed by atoms with E-state index in [1.54, 1.807) is 26.9 Å². The van der Waals surface area contributed by atoms with Gasteiger partial charge in [-0.3, -0.25) is 13.8 Å². The van der Waals surface area contributed by atoms with E-state index in [-0.39, 0.29) is 5.56 Å². The van der Waals surface area contributed by atoms with Gasteiger partial charge in [0.2, 0.25) is 5.65 Å². The lowest BCUT2D eigenvalue weighted by atomic mass is 10.0. The summed E-state index contributed by atoms with van der Waals surface area (Å²) < 4.78 is 8.81. The summed E-state index contributed by atoms with van der Waals surface area (Å²) in [5.74, 6) is 1.62. The first-order valence-corrected chi connectivity index (χ1v) is 9.45. The van der Waals surface area contributed by atoms with E-state index in [2.05, 4.69) is 10.2 Å². The maximum absolute atomic E-state index is 12.8. The SMILES string of the molecule is Cc1cccc(-n2ccn3c(SCC4CCOCC4)nnc3c2=O)c1. The number of hydrogen-bond donors (Lipinski definition) is 0. The van der Waals surface area contributed by atoms with E-state index in [4.69, 9.17) is 4.74 Å². The van der Waals surface area contributed by atoms with E-state index in [1.165, 1.54) is 0 Å². The normalized spacial score (nSPS) is 15.7. The zero-order valence-corrected chi connectivity index (χ0v) is 14.9. The lowest BCUT2D eigenvalue weighted by Gasteiger charge is -2.20. The summed E-state index contributed by atoms with van der Waals surface area (Å²) in [6, 6.07) is 7.85. The summed E-state index contributed by atoms with van der Waals surface area (Å²) in [6.07, 6.45) is 5.82. The molecule has 4 rings (SSSR count). The zero-order chi connectivity index (χ0) is 17.2. The summed E-state index contributed by atoms with van der Waals surface area (Å²) >= 11 is 1.66. The first-order chi connectivity index (χ1) is 12.2. The van der Waals surface area contributed by atoms with Crippen LogP contribution in [0.15, 0.2) is 46.6 Å². The predicted octanol–water partition coefficient (Wildman–Crippen LogP) is 2.71. The van der Waals surface area contributed by atoms with Gasteiger partial charge in [0.15, 0.2) is 5.16 Å². The Morgan fingerprint density at radius 2 is 2.08 bits per heavy atom. The molecule has 1 saturated heterocycles. The van der Waals surface area contributed by atoms with Crippen LogP contribution in [0.25, 0.3) is 11.3 Å². The van der Waals surface area contributed by atoms with Crippen LogP contribution in [0.3, 0.4) is 0 Å². The van der Waals surface area contributed by atoms with Crippen molar-refractivity contribution in [2.75, 3.05) is 19.0 Å². The molecular formula is C18H20N4O2S. The topological polar surface area (TPSA) is 61.4 Å². The lowest BCUT2D eigenvalue weighted by molar-refractivity contribution is 0.0728. The van der Waals surface area contributed by atoms with E-state index in [0.717, 1.165) is 48.2 Å². The second kappa shape index (κ2) is 7.01. The molecule has 0 amide bonds. The maximum atomic E-state index is 12.8. The van der Waals surface area contributed by atoms with Gasteiger partial charge in [-0.15, -0.1) is 10.2 Å². The summed E-state index contributed by atoms with van der Waals surface area (Å²) in [5.41, 5.74) is 2.15. The summed E-state index contributed by atoms with van der Waals surface area (Å²) in [6.45, 7) is 3.69. The highest BCUT2D eigenvalue weighted by molar-refractivity contribution is 7.99. The fourth-order valence-corrected chi connectivity index (χ4v) is 4.15.